The Hall–Kier alpha value is -1.40. The molecular weight excluding hydrogens is 204 g/mol. The topological polar surface area (TPSA) is 82.1 Å². The minimum Gasteiger partial charge on any atom is -0.296 e. The second-order valence-corrected chi connectivity index (χ2v) is 3.34. The highest BCUT2D eigenvalue weighted by molar-refractivity contribution is 5.91. The Kier molecular flexibility index (Phi) is 5.58. The van der Waals surface area contributed by atoms with Crippen molar-refractivity contribution in [3.63, 3.8) is 0 Å². The van der Waals surface area contributed by atoms with E-state index in [1.165, 1.54) is 0 Å². The van der Waals surface area contributed by atoms with Gasteiger partial charge in [-0.05, 0) is 20.3 Å². The summed E-state index contributed by atoms with van der Waals surface area (Å²) in [5.41, 5.74) is -0.582. The highest BCUT2D eigenvalue weighted by atomic mass is 17.2. The molecule has 15 heavy (non-hydrogen) atoms. The Balaban J connectivity index is 3.96. The van der Waals surface area contributed by atoms with Gasteiger partial charge < -0.3 is 0 Å². The van der Waals surface area contributed by atoms with Gasteiger partial charge in [0.25, 0.3) is 0 Å². The quantitative estimate of drug-likeness (QED) is 0.424. The van der Waals surface area contributed by atoms with E-state index in [1.54, 1.807) is 13.8 Å². The molecule has 0 saturated heterocycles. The van der Waals surface area contributed by atoms with Crippen LogP contribution in [0.4, 0.5) is 0 Å². The molecule has 0 fully saturated rings. The summed E-state index contributed by atoms with van der Waals surface area (Å²) < 4.78 is 0. The Morgan fingerprint density at radius 1 is 1.27 bits per heavy atom. The van der Waals surface area contributed by atoms with Crippen molar-refractivity contribution in [2.24, 2.45) is 0 Å². The lowest BCUT2D eigenvalue weighted by Gasteiger charge is -2.19. The normalized spacial score (nSPS) is 11.5. The summed E-state index contributed by atoms with van der Waals surface area (Å²) in [6.07, 6.45) is 2.15. The molecule has 0 aliphatic heterocycles. The smallest absolute Gasteiger partial charge is 0.296 e. The summed E-state index contributed by atoms with van der Waals surface area (Å²) in [7, 11) is 0. The SMILES string of the molecule is CCC(C)(C)OOC(=O)/C=C/C(=O)OO. The molecular formula is C9H14O6. The lowest BCUT2D eigenvalue weighted by Crippen LogP contribution is -2.24. The highest BCUT2D eigenvalue weighted by Gasteiger charge is 2.18. The van der Waals surface area contributed by atoms with E-state index in [0.717, 1.165) is 6.08 Å². The summed E-state index contributed by atoms with van der Waals surface area (Å²) in [6.45, 7) is 5.35. The zero-order valence-corrected chi connectivity index (χ0v) is 8.85. The summed E-state index contributed by atoms with van der Waals surface area (Å²) >= 11 is 0. The third-order valence-electron chi connectivity index (χ3n) is 1.65. The molecule has 1 N–H and O–H groups in total. The van der Waals surface area contributed by atoms with Crippen molar-refractivity contribution < 1.29 is 29.5 Å². The number of carbonyl (C=O) groups excluding carboxylic acids is 2. The van der Waals surface area contributed by atoms with Crippen molar-refractivity contribution in [3.05, 3.63) is 12.2 Å². The van der Waals surface area contributed by atoms with Gasteiger partial charge in [0.1, 0.15) is 5.60 Å². The van der Waals surface area contributed by atoms with Crippen molar-refractivity contribution >= 4 is 11.9 Å². The van der Waals surface area contributed by atoms with E-state index in [4.69, 9.17) is 10.1 Å². The van der Waals surface area contributed by atoms with Crippen LogP contribution in [0.15, 0.2) is 12.2 Å². The maximum atomic E-state index is 10.9. The van der Waals surface area contributed by atoms with Gasteiger partial charge in [0.2, 0.25) is 0 Å². The predicted molar refractivity (Wildman–Crippen MR) is 49.4 cm³/mol. The lowest BCUT2D eigenvalue weighted by molar-refractivity contribution is -0.321. The molecule has 0 bridgehead atoms. The van der Waals surface area contributed by atoms with Crippen LogP contribution >= 0.6 is 0 Å². The van der Waals surface area contributed by atoms with Crippen LogP contribution in [-0.4, -0.2) is 22.8 Å². The zero-order chi connectivity index (χ0) is 11.9. The monoisotopic (exact) mass is 218 g/mol. The Bertz CT molecular complexity index is 255. The van der Waals surface area contributed by atoms with Crippen LogP contribution in [0.25, 0.3) is 0 Å². The van der Waals surface area contributed by atoms with Crippen LogP contribution in [0.5, 0.6) is 0 Å². The molecule has 6 heteroatoms. The average Bonchev–Trinajstić information content (AvgIpc) is 2.23. The van der Waals surface area contributed by atoms with Gasteiger partial charge in [0, 0.05) is 12.2 Å². The third-order valence-corrected chi connectivity index (χ3v) is 1.65. The fourth-order valence-electron chi connectivity index (χ4n) is 0.407. The van der Waals surface area contributed by atoms with Crippen molar-refractivity contribution in [1.82, 2.24) is 0 Å². The van der Waals surface area contributed by atoms with Gasteiger partial charge in [-0.25, -0.2) is 9.59 Å². The van der Waals surface area contributed by atoms with Crippen LogP contribution < -0.4 is 0 Å². The zero-order valence-electron chi connectivity index (χ0n) is 8.85. The molecule has 0 rings (SSSR count). The first-order valence-corrected chi connectivity index (χ1v) is 4.34. The van der Waals surface area contributed by atoms with Crippen molar-refractivity contribution in [2.45, 2.75) is 32.8 Å². The van der Waals surface area contributed by atoms with Crippen LogP contribution in [0.3, 0.4) is 0 Å². The highest BCUT2D eigenvalue weighted by Crippen LogP contribution is 2.13. The predicted octanol–water partition coefficient (Wildman–Crippen LogP) is 1.22. The molecule has 86 valence electrons. The first-order chi connectivity index (χ1) is 6.91. The van der Waals surface area contributed by atoms with Gasteiger partial charge in [0.05, 0.1) is 0 Å². The minimum atomic E-state index is -1.07. The van der Waals surface area contributed by atoms with Crippen LogP contribution in [0.2, 0.25) is 0 Å². The number of rotatable bonds is 5. The summed E-state index contributed by atoms with van der Waals surface area (Å²) in [5.74, 6) is -1.93. The van der Waals surface area contributed by atoms with Gasteiger partial charge >= 0.3 is 11.9 Å². The molecule has 0 aromatic rings. The molecule has 0 aliphatic carbocycles. The van der Waals surface area contributed by atoms with Crippen molar-refractivity contribution in [2.75, 3.05) is 0 Å². The molecule has 0 unspecified atom stereocenters. The van der Waals surface area contributed by atoms with E-state index in [0.29, 0.717) is 12.5 Å². The van der Waals surface area contributed by atoms with Gasteiger partial charge in [-0.1, -0.05) is 6.92 Å². The average molecular weight is 218 g/mol. The molecule has 0 amide bonds. The van der Waals surface area contributed by atoms with Crippen molar-refractivity contribution in [1.29, 1.82) is 0 Å². The fraction of sp³-hybridized carbons (Fsp3) is 0.556. The Morgan fingerprint density at radius 2 is 1.80 bits per heavy atom. The molecule has 0 heterocycles. The number of hydrogen-bond acceptors (Lipinski definition) is 6. The molecule has 0 aromatic heterocycles. The number of carbonyl (C=O) groups is 2. The minimum absolute atomic E-state index is 0.582. The van der Waals surface area contributed by atoms with Crippen LogP contribution in [-0.2, 0) is 24.3 Å². The third kappa shape index (κ3) is 6.64. The molecule has 0 radical (unpaired) electrons. The van der Waals surface area contributed by atoms with Gasteiger partial charge in [-0.15, -0.1) is 0 Å². The van der Waals surface area contributed by atoms with E-state index in [1.807, 2.05) is 6.92 Å². The second kappa shape index (κ2) is 6.15. The summed E-state index contributed by atoms with van der Waals surface area (Å²) in [4.78, 5) is 33.7. The lowest BCUT2D eigenvalue weighted by atomic mass is 10.1. The first kappa shape index (κ1) is 13.6. The molecule has 6 nitrogen and oxygen atoms in total. The Labute approximate surface area is 87.3 Å². The van der Waals surface area contributed by atoms with Crippen LogP contribution in [0, 0.1) is 0 Å². The molecule has 0 spiro atoms. The van der Waals surface area contributed by atoms with Crippen LogP contribution in [0.1, 0.15) is 27.2 Å². The fourth-order valence-corrected chi connectivity index (χ4v) is 0.407. The number of hydrogen-bond donors (Lipinski definition) is 1. The van der Waals surface area contributed by atoms with Gasteiger partial charge in [-0.3, -0.25) is 9.78 Å². The van der Waals surface area contributed by atoms with E-state index in [9.17, 15) is 9.59 Å². The van der Waals surface area contributed by atoms with E-state index >= 15 is 0 Å². The van der Waals surface area contributed by atoms with Gasteiger partial charge in [-0.2, -0.15) is 10.1 Å². The largest absolute Gasteiger partial charge is 0.366 e. The maximum Gasteiger partial charge on any atom is 0.366 e. The molecule has 0 aromatic carbocycles. The maximum absolute atomic E-state index is 10.9. The van der Waals surface area contributed by atoms with Gasteiger partial charge in [0.15, 0.2) is 0 Å². The molecule has 0 saturated carbocycles. The van der Waals surface area contributed by atoms with Crippen molar-refractivity contribution in [3.8, 4) is 0 Å². The Morgan fingerprint density at radius 3 is 2.27 bits per heavy atom. The molecule has 0 aliphatic rings. The summed E-state index contributed by atoms with van der Waals surface area (Å²) in [6, 6.07) is 0. The van der Waals surface area contributed by atoms with E-state index in [-0.39, 0.29) is 0 Å². The standard InChI is InChI=1S/C9H14O6/c1-4-9(2,3)15-14-8(11)6-5-7(10)13-12/h5-6,12H,4H2,1-3H3/b6-5+. The first-order valence-electron chi connectivity index (χ1n) is 4.34. The van der Waals surface area contributed by atoms with E-state index in [2.05, 4.69) is 9.78 Å². The van der Waals surface area contributed by atoms with E-state index < -0.39 is 17.5 Å². The molecule has 0 atom stereocenters. The summed E-state index contributed by atoms with van der Waals surface area (Å²) in [5, 5.41) is 7.86. The second-order valence-electron chi connectivity index (χ2n) is 3.34.